The highest BCUT2D eigenvalue weighted by atomic mass is 16.7. The van der Waals surface area contributed by atoms with Gasteiger partial charge < -0.3 is 14.2 Å². The minimum atomic E-state index is -0.940. The van der Waals surface area contributed by atoms with E-state index in [9.17, 15) is 9.59 Å². The van der Waals surface area contributed by atoms with Gasteiger partial charge in [0.1, 0.15) is 17.1 Å². The van der Waals surface area contributed by atoms with Gasteiger partial charge in [0, 0.05) is 5.56 Å². The van der Waals surface area contributed by atoms with Crippen LogP contribution in [0.15, 0.2) is 91.0 Å². The molecule has 0 aliphatic carbocycles. The maximum Gasteiger partial charge on any atom is 0.519 e. The van der Waals surface area contributed by atoms with Gasteiger partial charge in [-0.15, -0.1) is 0 Å². The first-order valence-electron chi connectivity index (χ1n) is 9.90. The Balaban J connectivity index is 1.62. The van der Waals surface area contributed by atoms with Crippen LogP contribution >= 0.6 is 0 Å². The van der Waals surface area contributed by atoms with Crippen LogP contribution in [-0.4, -0.2) is 18.7 Å². The fraction of sp³-hybridized carbons (Fsp3) is 0.0769. The van der Waals surface area contributed by atoms with Gasteiger partial charge in [-0.1, -0.05) is 72.8 Å². The number of benzene rings is 4. The van der Waals surface area contributed by atoms with Gasteiger partial charge in [0.2, 0.25) is 0 Å². The highest BCUT2D eigenvalue weighted by Crippen LogP contribution is 2.35. The summed E-state index contributed by atoms with van der Waals surface area (Å²) in [6.07, 6.45) is -0.940. The van der Waals surface area contributed by atoms with Crippen molar-refractivity contribution in [2.45, 2.75) is 6.92 Å². The molecule has 154 valence electrons. The monoisotopic (exact) mass is 412 g/mol. The number of para-hydroxylation sites is 2. The molecule has 0 saturated heterocycles. The lowest BCUT2D eigenvalue weighted by Crippen LogP contribution is -2.16. The average Bonchev–Trinajstić information content (AvgIpc) is 2.79. The van der Waals surface area contributed by atoms with Crippen LogP contribution in [-0.2, 0) is 4.74 Å². The zero-order valence-electron chi connectivity index (χ0n) is 16.9. The second kappa shape index (κ2) is 9.13. The van der Waals surface area contributed by atoms with E-state index in [2.05, 4.69) is 0 Å². The Bertz CT molecular complexity index is 1240. The quantitative estimate of drug-likeness (QED) is 0.286. The van der Waals surface area contributed by atoms with Gasteiger partial charge in [0.05, 0.1) is 6.61 Å². The Hall–Kier alpha value is -4.12. The van der Waals surface area contributed by atoms with Crippen molar-refractivity contribution in [2.75, 3.05) is 6.61 Å². The van der Waals surface area contributed by atoms with Crippen LogP contribution in [0, 0.1) is 0 Å². The van der Waals surface area contributed by atoms with Gasteiger partial charge in [0.25, 0.3) is 0 Å². The summed E-state index contributed by atoms with van der Waals surface area (Å²) in [5, 5.41) is 2.13. The summed E-state index contributed by atoms with van der Waals surface area (Å²) in [6, 6.07) is 27.6. The largest absolute Gasteiger partial charge is 0.519 e. The van der Waals surface area contributed by atoms with Crippen molar-refractivity contribution in [1.82, 2.24) is 0 Å². The van der Waals surface area contributed by atoms with Crippen molar-refractivity contribution >= 4 is 22.9 Å². The fourth-order valence-corrected chi connectivity index (χ4v) is 3.37. The highest BCUT2D eigenvalue weighted by molar-refractivity contribution is 5.98. The van der Waals surface area contributed by atoms with Crippen LogP contribution < -0.4 is 9.47 Å². The summed E-state index contributed by atoms with van der Waals surface area (Å²) >= 11 is 0. The number of fused-ring (bicyclic) bond motifs is 1. The lowest BCUT2D eigenvalue weighted by atomic mass is 9.98. The van der Waals surface area contributed by atoms with Crippen LogP contribution in [0.1, 0.15) is 17.3 Å². The van der Waals surface area contributed by atoms with Crippen molar-refractivity contribution < 1.29 is 23.8 Å². The molecule has 0 amide bonds. The SMILES string of the molecule is CCOC(=O)c1ccccc1OC(=O)Oc1ccccc1-c1cccc2ccccc12. The van der Waals surface area contributed by atoms with Gasteiger partial charge in [-0.05, 0) is 41.5 Å². The Labute approximate surface area is 179 Å². The number of hydrogen-bond donors (Lipinski definition) is 0. The third kappa shape index (κ3) is 4.41. The molecule has 0 N–H and O–H groups in total. The molecule has 0 aliphatic rings. The zero-order chi connectivity index (χ0) is 21.6. The van der Waals surface area contributed by atoms with E-state index < -0.39 is 12.1 Å². The van der Waals surface area contributed by atoms with Crippen LogP contribution in [0.25, 0.3) is 21.9 Å². The van der Waals surface area contributed by atoms with E-state index in [0.717, 1.165) is 21.9 Å². The summed E-state index contributed by atoms with van der Waals surface area (Å²) < 4.78 is 15.9. The van der Waals surface area contributed by atoms with Gasteiger partial charge >= 0.3 is 12.1 Å². The van der Waals surface area contributed by atoms with Crippen molar-refractivity contribution in [3.8, 4) is 22.6 Å². The third-order valence-electron chi connectivity index (χ3n) is 4.74. The number of carbonyl (C=O) groups is 2. The van der Waals surface area contributed by atoms with Crippen LogP contribution in [0.5, 0.6) is 11.5 Å². The van der Waals surface area contributed by atoms with E-state index in [1.807, 2.05) is 54.6 Å². The topological polar surface area (TPSA) is 61.8 Å². The zero-order valence-corrected chi connectivity index (χ0v) is 16.9. The molecule has 0 radical (unpaired) electrons. The van der Waals surface area contributed by atoms with E-state index in [4.69, 9.17) is 14.2 Å². The Morgan fingerprint density at radius 3 is 2.13 bits per heavy atom. The van der Waals surface area contributed by atoms with E-state index >= 15 is 0 Å². The maximum atomic E-state index is 12.6. The molecular weight excluding hydrogens is 392 g/mol. The predicted molar refractivity (Wildman–Crippen MR) is 118 cm³/mol. The molecule has 0 aliphatic heterocycles. The molecule has 0 aromatic heterocycles. The van der Waals surface area contributed by atoms with Crippen molar-refractivity contribution in [1.29, 1.82) is 0 Å². The van der Waals surface area contributed by atoms with Gasteiger partial charge in [-0.2, -0.15) is 0 Å². The minimum absolute atomic E-state index is 0.0774. The van der Waals surface area contributed by atoms with Gasteiger partial charge in [-0.3, -0.25) is 0 Å². The second-order valence-electron chi connectivity index (χ2n) is 6.69. The standard InChI is InChI=1S/C26H20O5/c1-2-29-25(27)22-14-6-8-17-24(22)31-26(28)30-23-16-7-5-13-21(23)20-15-9-11-18-10-3-4-12-19(18)20/h3-17H,2H2,1H3. The Morgan fingerprint density at radius 2 is 1.29 bits per heavy atom. The molecule has 0 bridgehead atoms. The normalized spacial score (nSPS) is 10.5. The fourth-order valence-electron chi connectivity index (χ4n) is 3.37. The van der Waals surface area contributed by atoms with Crippen molar-refractivity contribution in [2.24, 2.45) is 0 Å². The predicted octanol–water partition coefficient (Wildman–Crippen LogP) is 6.26. The molecule has 0 fully saturated rings. The lowest BCUT2D eigenvalue weighted by Gasteiger charge is -2.13. The van der Waals surface area contributed by atoms with Crippen LogP contribution in [0.4, 0.5) is 4.79 Å². The average molecular weight is 412 g/mol. The Kier molecular flexibility index (Phi) is 5.94. The molecule has 0 saturated carbocycles. The molecule has 0 heterocycles. The first-order valence-corrected chi connectivity index (χ1v) is 9.90. The van der Waals surface area contributed by atoms with E-state index in [1.54, 1.807) is 31.2 Å². The summed E-state index contributed by atoms with van der Waals surface area (Å²) in [6.45, 7) is 1.93. The number of ether oxygens (including phenoxy) is 3. The minimum Gasteiger partial charge on any atom is -0.462 e. The highest BCUT2D eigenvalue weighted by Gasteiger charge is 2.18. The summed E-state index contributed by atoms with van der Waals surface area (Å²) in [5.74, 6) is -0.131. The molecule has 5 nitrogen and oxygen atoms in total. The lowest BCUT2D eigenvalue weighted by molar-refractivity contribution is 0.0522. The molecule has 0 atom stereocenters. The number of carbonyl (C=O) groups excluding carboxylic acids is 2. The third-order valence-corrected chi connectivity index (χ3v) is 4.74. The van der Waals surface area contributed by atoms with E-state index in [1.165, 1.54) is 12.1 Å². The molecule has 31 heavy (non-hydrogen) atoms. The summed E-state index contributed by atoms with van der Waals surface area (Å²) in [4.78, 5) is 24.7. The molecular formula is C26H20O5. The molecule has 4 aromatic rings. The molecule has 0 unspecified atom stereocenters. The van der Waals surface area contributed by atoms with E-state index in [-0.39, 0.29) is 17.9 Å². The van der Waals surface area contributed by atoms with Crippen LogP contribution in [0.3, 0.4) is 0 Å². The number of rotatable bonds is 5. The molecule has 5 heteroatoms. The molecule has 4 rings (SSSR count). The maximum absolute atomic E-state index is 12.6. The Morgan fingerprint density at radius 1 is 0.677 bits per heavy atom. The van der Waals surface area contributed by atoms with E-state index in [0.29, 0.717) is 5.75 Å². The summed E-state index contributed by atoms with van der Waals surface area (Å²) in [7, 11) is 0. The first kappa shape index (κ1) is 20.2. The number of hydrogen-bond acceptors (Lipinski definition) is 5. The second-order valence-corrected chi connectivity index (χ2v) is 6.69. The van der Waals surface area contributed by atoms with Gasteiger partial charge in [0.15, 0.2) is 0 Å². The molecule has 0 spiro atoms. The van der Waals surface area contributed by atoms with Gasteiger partial charge in [-0.25, -0.2) is 9.59 Å². The van der Waals surface area contributed by atoms with Crippen LogP contribution in [0.2, 0.25) is 0 Å². The smallest absolute Gasteiger partial charge is 0.462 e. The van der Waals surface area contributed by atoms with Crippen molar-refractivity contribution in [3.63, 3.8) is 0 Å². The number of esters is 1. The molecule has 4 aromatic carbocycles. The first-order chi connectivity index (χ1) is 15.2. The summed E-state index contributed by atoms with van der Waals surface area (Å²) in [5.41, 5.74) is 1.85. The van der Waals surface area contributed by atoms with Crippen molar-refractivity contribution in [3.05, 3.63) is 96.6 Å².